The maximum atomic E-state index is 12.5. The number of nitrogens with one attached hydrogen (secondary N) is 2. The highest BCUT2D eigenvalue weighted by molar-refractivity contribution is 7.89. The van der Waals surface area contributed by atoms with Crippen molar-refractivity contribution in [3.63, 3.8) is 0 Å². The highest BCUT2D eigenvalue weighted by Crippen LogP contribution is 2.21. The topological polar surface area (TPSA) is 78.1 Å². The fraction of sp³-hybridized carbons (Fsp3) is 0.583. The minimum absolute atomic E-state index is 0.185. The summed E-state index contributed by atoms with van der Waals surface area (Å²) in [7, 11) is -3.52. The number of rotatable bonds is 8. The van der Waals surface area contributed by atoms with Crippen LogP contribution < -0.4 is 5.32 Å². The molecule has 1 heterocycles. The molecule has 0 spiro atoms. The second-order valence-corrected chi connectivity index (χ2v) is 6.50. The van der Waals surface area contributed by atoms with E-state index in [2.05, 4.69) is 22.1 Å². The van der Waals surface area contributed by atoms with Gasteiger partial charge >= 0.3 is 0 Å². The van der Waals surface area contributed by atoms with E-state index in [-0.39, 0.29) is 5.03 Å². The Balaban J connectivity index is 2.18. The van der Waals surface area contributed by atoms with E-state index >= 15 is 0 Å². The van der Waals surface area contributed by atoms with Crippen LogP contribution in [0.25, 0.3) is 0 Å². The maximum absolute atomic E-state index is 12.5. The Labute approximate surface area is 113 Å². The van der Waals surface area contributed by atoms with Crippen LogP contribution in [0.2, 0.25) is 0 Å². The first-order valence-electron chi connectivity index (χ1n) is 6.46. The third-order valence-electron chi connectivity index (χ3n) is 3.12. The van der Waals surface area contributed by atoms with E-state index in [1.165, 1.54) is 4.31 Å². The van der Waals surface area contributed by atoms with Gasteiger partial charge in [-0.05, 0) is 12.8 Å². The minimum atomic E-state index is -3.52. The standard InChI is InChI=1S/C12H20N4O2S/c1-3-7-16(4-2)19(17,18)12-10(9-14-15-12)8-13-11-5-6-11/h3,9,11,13H,1,4-8H2,2H3,(H,14,15). The molecule has 106 valence electrons. The Bertz CT molecular complexity index is 534. The quantitative estimate of drug-likeness (QED) is 0.694. The van der Waals surface area contributed by atoms with Crippen LogP contribution in [-0.4, -0.2) is 42.1 Å². The number of hydrogen-bond acceptors (Lipinski definition) is 4. The summed E-state index contributed by atoms with van der Waals surface area (Å²) in [5.41, 5.74) is 0.689. The molecule has 1 aliphatic rings. The maximum Gasteiger partial charge on any atom is 0.260 e. The van der Waals surface area contributed by atoms with Crippen molar-refractivity contribution >= 4 is 10.0 Å². The van der Waals surface area contributed by atoms with Gasteiger partial charge in [0.25, 0.3) is 10.0 Å². The lowest BCUT2D eigenvalue weighted by Crippen LogP contribution is -2.32. The molecule has 0 saturated heterocycles. The van der Waals surface area contributed by atoms with Crippen LogP contribution in [0.5, 0.6) is 0 Å². The van der Waals surface area contributed by atoms with Gasteiger partial charge in [0, 0.05) is 31.2 Å². The fourth-order valence-corrected chi connectivity index (χ4v) is 3.38. The first-order valence-corrected chi connectivity index (χ1v) is 7.90. The molecular weight excluding hydrogens is 264 g/mol. The summed E-state index contributed by atoms with van der Waals surface area (Å²) >= 11 is 0. The zero-order valence-electron chi connectivity index (χ0n) is 11.1. The third-order valence-corrected chi connectivity index (χ3v) is 5.08. The molecule has 1 aliphatic carbocycles. The van der Waals surface area contributed by atoms with Crippen molar-refractivity contribution in [3.8, 4) is 0 Å². The summed E-state index contributed by atoms with van der Waals surface area (Å²) in [6.45, 7) is 6.63. The molecule has 2 rings (SSSR count). The Morgan fingerprint density at radius 3 is 2.95 bits per heavy atom. The first-order chi connectivity index (χ1) is 9.09. The molecule has 0 aromatic carbocycles. The zero-order chi connectivity index (χ0) is 13.9. The van der Waals surface area contributed by atoms with Gasteiger partial charge < -0.3 is 5.32 Å². The van der Waals surface area contributed by atoms with Crippen molar-refractivity contribution < 1.29 is 8.42 Å². The largest absolute Gasteiger partial charge is 0.310 e. The van der Waals surface area contributed by atoms with E-state index in [0.717, 1.165) is 12.8 Å². The van der Waals surface area contributed by atoms with Crippen molar-refractivity contribution in [1.82, 2.24) is 19.8 Å². The SMILES string of the molecule is C=CCN(CC)S(=O)(=O)c1[nH]ncc1CNC1CC1. The van der Waals surface area contributed by atoms with Gasteiger partial charge in [-0.25, -0.2) is 8.42 Å². The van der Waals surface area contributed by atoms with Gasteiger partial charge in [0.05, 0.1) is 6.20 Å². The highest BCUT2D eigenvalue weighted by Gasteiger charge is 2.28. The molecule has 0 amide bonds. The van der Waals surface area contributed by atoms with Crippen LogP contribution in [0.3, 0.4) is 0 Å². The van der Waals surface area contributed by atoms with Gasteiger partial charge in [-0.15, -0.1) is 6.58 Å². The van der Waals surface area contributed by atoms with E-state index in [1.54, 1.807) is 19.2 Å². The molecule has 1 saturated carbocycles. The Morgan fingerprint density at radius 2 is 2.37 bits per heavy atom. The van der Waals surface area contributed by atoms with Crippen molar-refractivity contribution in [2.45, 2.75) is 37.4 Å². The van der Waals surface area contributed by atoms with Crippen LogP contribution in [0.1, 0.15) is 25.3 Å². The fourth-order valence-electron chi connectivity index (χ4n) is 1.86. The van der Waals surface area contributed by atoms with E-state index < -0.39 is 10.0 Å². The number of aromatic amines is 1. The van der Waals surface area contributed by atoms with E-state index in [0.29, 0.717) is 31.2 Å². The number of H-pyrrole nitrogens is 1. The van der Waals surface area contributed by atoms with Crippen molar-refractivity contribution in [2.24, 2.45) is 0 Å². The van der Waals surface area contributed by atoms with Gasteiger partial charge in [-0.1, -0.05) is 13.0 Å². The first kappa shape index (κ1) is 14.2. The predicted molar refractivity (Wildman–Crippen MR) is 73.1 cm³/mol. The smallest absolute Gasteiger partial charge is 0.260 e. The molecule has 0 unspecified atom stereocenters. The molecule has 1 aromatic heterocycles. The van der Waals surface area contributed by atoms with Gasteiger partial charge in [0.15, 0.2) is 5.03 Å². The van der Waals surface area contributed by atoms with E-state index in [1.807, 2.05) is 0 Å². The molecule has 0 aliphatic heterocycles. The summed E-state index contributed by atoms with van der Waals surface area (Å²) in [6.07, 6.45) is 5.48. The lowest BCUT2D eigenvalue weighted by Gasteiger charge is -2.18. The summed E-state index contributed by atoms with van der Waals surface area (Å²) in [4.78, 5) is 0. The summed E-state index contributed by atoms with van der Waals surface area (Å²) in [6, 6.07) is 0.529. The lowest BCUT2D eigenvalue weighted by atomic mass is 10.3. The molecule has 6 nitrogen and oxygen atoms in total. The normalized spacial score (nSPS) is 15.9. The molecule has 19 heavy (non-hydrogen) atoms. The van der Waals surface area contributed by atoms with Crippen LogP contribution >= 0.6 is 0 Å². The van der Waals surface area contributed by atoms with Gasteiger partial charge in [0.1, 0.15) is 0 Å². The number of hydrogen-bond donors (Lipinski definition) is 2. The van der Waals surface area contributed by atoms with Gasteiger partial charge in [0.2, 0.25) is 0 Å². The summed E-state index contributed by atoms with van der Waals surface area (Å²) in [5, 5.41) is 9.96. The number of nitrogens with zero attached hydrogens (tertiary/aromatic N) is 2. The lowest BCUT2D eigenvalue weighted by molar-refractivity contribution is 0.455. The summed E-state index contributed by atoms with van der Waals surface area (Å²) < 4.78 is 26.3. The molecular formula is C12H20N4O2S. The molecule has 0 bridgehead atoms. The molecule has 1 fully saturated rings. The summed E-state index contributed by atoms with van der Waals surface area (Å²) in [5.74, 6) is 0. The second-order valence-electron chi connectivity index (χ2n) is 4.62. The molecule has 1 aromatic rings. The minimum Gasteiger partial charge on any atom is -0.310 e. The van der Waals surface area contributed by atoms with Crippen molar-refractivity contribution in [1.29, 1.82) is 0 Å². The van der Waals surface area contributed by atoms with E-state index in [4.69, 9.17) is 0 Å². The third kappa shape index (κ3) is 3.23. The Kier molecular flexibility index (Phi) is 4.38. The molecule has 7 heteroatoms. The zero-order valence-corrected chi connectivity index (χ0v) is 11.9. The van der Waals surface area contributed by atoms with Crippen LogP contribution in [-0.2, 0) is 16.6 Å². The van der Waals surface area contributed by atoms with Crippen LogP contribution in [0, 0.1) is 0 Å². The Hall–Kier alpha value is -1.18. The van der Waals surface area contributed by atoms with Gasteiger partial charge in [-0.2, -0.15) is 9.40 Å². The second kappa shape index (κ2) is 5.85. The monoisotopic (exact) mass is 284 g/mol. The molecule has 0 radical (unpaired) electrons. The number of sulfonamides is 1. The average molecular weight is 284 g/mol. The Morgan fingerprint density at radius 1 is 1.63 bits per heavy atom. The van der Waals surface area contributed by atoms with Crippen molar-refractivity contribution in [3.05, 3.63) is 24.4 Å². The number of aromatic nitrogens is 2. The highest BCUT2D eigenvalue weighted by atomic mass is 32.2. The molecule has 0 atom stereocenters. The number of likely N-dealkylation sites (N-methyl/N-ethyl adjacent to an activating group) is 1. The van der Waals surface area contributed by atoms with Crippen LogP contribution in [0.4, 0.5) is 0 Å². The van der Waals surface area contributed by atoms with E-state index in [9.17, 15) is 8.42 Å². The van der Waals surface area contributed by atoms with Gasteiger partial charge in [-0.3, -0.25) is 5.10 Å². The molecule has 2 N–H and O–H groups in total. The average Bonchev–Trinajstić information content (AvgIpc) is 3.09. The van der Waals surface area contributed by atoms with Crippen LogP contribution in [0.15, 0.2) is 23.9 Å². The van der Waals surface area contributed by atoms with Crippen molar-refractivity contribution in [2.75, 3.05) is 13.1 Å². The predicted octanol–water partition coefficient (Wildman–Crippen LogP) is 0.858.